The predicted molar refractivity (Wildman–Crippen MR) is 108 cm³/mol. The fraction of sp³-hybridized carbons (Fsp3) is 0.238. The van der Waals surface area contributed by atoms with Gasteiger partial charge in [0, 0.05) is 30.6 Å². The molecule has 0 bridgehead atoms. The summed E-state index contributed by atoms with van der Waals surface area (Å²) in [5, 5.41) is 18.8. The summed E-state index contributed by atoms with van der Waals surface area (Å²) in [6, 6.07) is 7.78. The van der Waals surface area contributed by atoms with E-state index in [-0.39, 0.29) is 30.0 Å². The van der Waals surface area contributed by atoms with Gasteiger partial charge in [-0.25, -0.2) is 9.18 Å². The molecule has 0 aliphatic rings. The number of carbonyl (C=O) groups is 1. The highest BCUT2D eigenvalue weighted by atomic mass is 35.5. The Morgan fingerprint density at radius 3 is 2.69 bits per heavy atom. The second kappa shape index (κ2) is 8.63. The highest BCUT2D eigenvalue weighted by molar-refractivity contribution is 6.30. The quantitative estimate of drug-likeness (QED) is 0.612. The molecule has 0 aliphatic carbocycles. The molecule has 6 nitrogen and oxygen atoms in total. The van der Waals surface area contributed by atoms with E-state index in [1.807, 2.05) is 0 Å². The van der Waals surface area contributed by atoms with Crippen LogP contribution in [0.15, 0.2) is 41.3 Å². The third kappa shape index (κ3) is 4.11. The summed E-state index contributed by atoms with van der Waals surface area (Å²) in [6.45, 7) is 2.00. The summed E-state index contributed by atoms with van der Waals surface area (Å²) in [4.78, 5) is 24.2. The lowest BCUT2D eigenvalue weighted by Crippen LogP contribution is -2.20. The SMILES string of the molecule is CCOc1cc2c(cc1Cc1cccc(Cl)c1F)c(=O)c(C(=O)O)cn2CCO. The van der Waals surface area contributed by atoms with E-state index in [0.717, 1.165) is 0 Å². The van der Waals surface area contributed by atoms with E-state index >= 15 is 0 Å². The lowest BCUT2D eigenvalue weighted by molar-refractivity contribution is 0.0694. The molecule has 0 saturated heterocycles. The largest absolute Gasteiger partial charge is 0.494 e. The molecule has 2 N–H and O–H groups in total. The molecule has 29 heavy (non-hydrogen) atoms. The number of fused-ring (bicyclic) bond motifs is 1. The van der Waals surface area contributed by atoms with Crippen molar-refractivity contribution in [1.29, 1.82) is 0 Å². The number of aromatic carboxylic acids is 1. The standard InChI is InChI=1S/C21H19ClFNO5/c1-2-29-18-10-17-14(20(26)15(21(27)28)11-24(17)6-7-25)9-13(18)8-12-4-3-5-16(22)19(12)23/h3-5,9-11,25H,2,6-8H2,1H3,(H,27,28). The molecule has 8 heteroatoms. The molecular weight excluding hydrogens is 401 g/mol. The van der Waals surface area contributed by atoms with Gasteiger partial charge in [0.05, 0.1) is 23.8 Å². The molecule has 0 amide bonds. The fourth-order valence-electron chi connectivity index (χ4n) is 3.23. The smallest absolute Gasteiger partial charge is 0.341 e. The minimum absolute atomic E-state index is 0.0142. The van der Waals surface area contributed by atoms with Crippen molar-refractivity contribution in [1.82, 2.24) is 4.57 Å². The summed E-state index contributed by atoms with van der Waals surface area (Å²) >= 11 is 5.86. The number of aliphatic hydroxyl groups excluding tert-OH is 1. The first-order chi connectivity index (χ1) is 13.9. The second-order valence-corrected chi connectivity index (χ2v) is 6.80. The third-order valence-corrected chi connectivity index (χ3v) is 4.84. The number of hydrogen-bond donors (Lipinski definition) is 2. The van der Waals surface area contributed by atoms with Crippen LogP contribution in [0.25, 0.3) is 10.9 Å². The summed E-state index contributed by atoms with van der Waals surface area (Å²) in [5.41, 5.74) is 0.207. The zero-order valence-corrected chi connectivity index (χ0v) is 16.4. The van der Waals surface area contributed by atoms with Gasteiger partial charge in [0.2, 0.25) is 5.43 Å². The molecule has 3 rings (SSSR count). The Kier molecular flexibility index (Phi) is 6.20. The van der Waals surface area contributed by atoms with Gasteiger partial charge in [-0.15, -0.1) is 0 Å². The minimum atomic E-state index is -1.36. The van der Waals surface area contributed by atoms with E-state index in [2.05, 4.69) is 0 Å². The van der Waals surface area contributed by atoms with Crippen molar-refractivity contribution in [3.63, 3.8) is 0 Å². The molecule has 2 aromatic carbocycles. The van der Waals surface area contributed by atoms with E-state index in [1.54, 1.807) is 25.1 Å². The number of pyridine rings is 1. The molecular formula is C21H19ClFNO5. The number of ether oxygens (including phenoxy) is 1. The predicted octanol–water partition coefficient (Wildman–Crippen LogP) is 3.47. The van der Waals surface area contributed by atoms with Gasteiger partial charge in [-0.1, -0.05) is 23.7 Å². The number of benzene rings is 2. The van der Waals surface area contributed by atoms with Crippen LogP contribution in [-0.4, -0.2) is 34.0 Å². The first-order valence-corrected chi connectivity index (χ1v) is 9.35. The lowest BCUT2D eigenvalue weighted by Gasteiger charge is -2.16. The molecule has 0 saturated carbocycles. The van der Waals surface area contributed by atoms with Crippen molar-refractivity contribution in [2.75, 3.05) is 13.2 Å². The van der Waals surface area contributed by atoms with Crippen LogP contribution >= 0.6 is 11.6 Å². The van der Waals surface area contributed by atoms with E-state index in [0.29, 0.717) is 29.0 Å². The molecule has 0 spiro atoms. The molecule has 0 fully saturated rings. The Balaban J connectivity index is 2.27. The van der Waals surface area contributed by atoms with Crippen molar-refractivity contribution in [3.05, 3.63) is 74.3 Å². The molecule has 3 aromatic rings. The van der Waals surface area contributed by atoms with Gasteiger partial charge in [0.15, 0.2) is 0 Å². The molecule has 0 unspecified atom stereocenters. The zero-order chi connectivity index (χ0) is 21.1. The molecule has 0 aliphatic heterocycles. The minimum Gasteiger partial charge on any atom is -0.494 e. The fourth-order valence-corrected chi connectivity index (χ4v) is 3.42. The monoisotopic (exact) mass is 419 g/mol. The van der Waals surface area contributed by atoms with Crippen LogP contribution in [0.1, 0.15) is 28.4 Å². The van der Waals surface area contributed by atoms with Crippen LogP contribution < -0.4 is 10.2 Å². The van der Waals surface area contributed by atoms with Gasteiger partial charge in [-0.2, -0.15) is 0 Å². The number of carboxylic acids is 1. The van der Waals surface area contributed by atoms with Crippen molar-refractivity contribution in [3.8, 4) is 5.75 Å². The molecule has 1 heterocycles. The van der Waals surface area contributed by atoms with Gasteiger partial charge < -0.3 is 19.5 Å². The highest BCUT2D eigenvalue weighted by Crippen LogP contribution is 2.29. The number of hydrogen-bond acceptors (Lipinski definition) is 4. The van der Waals surface area contributed by atoms with Crippen LogP contribution in [0.5, 0.6) is 5.75 Å². The van der Waals surface area contributed by atoms with Crippen LogP contribution in [-0.2, 0) is 13.0 Å². The zero-order valence-electron chi connectivity index (χ0n) is 15.6. The van der Waals surface area contributed by atoms with Gasteiger partial charge in [0.25, 0.3) is 0 Å². The molecule has 1 aromatic heterocycles. The summed E-state index contributed by atoms with van der Waals surface area (Å²) < 4.78 is 21.6. The van der Waals surface area contributed by atoms with Crippen LogP contribution in [0.3, 0.4) is 0 Å². The van der Waals surface area contributed by atoms with E-state index in [4.69, 9.17) is 16.3 Å². The first-order valence-electron chi connectivity index (χ1n) is 8.97. The van der Waals surface area contributed by atoms with Crippen molar-refractivity contribution < 1.29 is 24.1 Å². The normalized spacial score (nSPS) is 11.0. The first kappa shape index (κ1) is 20.8. The van der Waals surface area contributed by atoms with Gasteiger partial charge in [0.1, 0.15) is 17.1 Å². The van der Waals surface area contributed by atoms with Crippen molar-refractivity contribution in [2.24, 2.45) is 0 Å². The van der Waals surface area contributed by atoms with Crippen LogP contribution in [0.2, 0.25) is 5.02 Å². The number of aliphatic hydroxyl groups is 1. The van der Waals surface area contributed by atoms with Crippen molar-refractivity contribution >= 4 is 28.5 Å². The Bertz CT molecular complexity index is 1140. The number of carboxylic acid groups (broad SMARTS) is 1. The maximum absolute atomic E-state index is 14.4. The van der Waals surface area contributed by atoms with Gasteiger partial charge >= 0.3 is 5.97 Å². The van der Waals surface area contributed by atoms with Gasteiger partial charge in [-0.05, 0) is 30.2 Å². The Hall–Kier alpha value is -2.90. The maximum Gasteiger partial charge on any atom is 0.341 e. The average molecular weight is 420 g/mol. The number of nitrogens with zero attached hydrogens (tertiary/aromatic N) is 1. The lowest BCUT2D eigenvalue weighted by atomic mass is 10.00. The molecule has 0 atom stereocenters. The average Bonchev–Trinajstić information content (AvgIpc) is 2.68. The van der Waals surface area contributed by atoms with Gasteiger partial charge in [-0.3, -0.25) is 4.79 Å². The summed E-state index contributed by atoms with van der Waals surface area (Å²) in [5.74, 6) is -1.48. The number of halogens is 2. The number of aromatic nitrogens is 1. The van der Waals surface area contributed by atoms with E-state index in [9.17, 15) is 24.2 Å². The number of rotatable bonds is 7. The third-order valence-electron chi connectivity index (χ3n) is 4.55. The van der Waals surface area contributed by atoms with Crippen LogP contribution in [0.4, 0.5) is 4.39 Å². The van der Waals surface area contributed by atoms with E-state index in [1.165, 1.54) is 22.9 Å². The Morgan fingerprint density at radius 1 is 1.28 bits per heavy atom. The molecule has 152 valence electrons. The topological polar surface area (TPSA) is 88.8 Å². The Labute approximate surface area is 170 Å². The maximum atomic E-state index is 14.4. The van der Waals surface area contributed by atoms with Crippen molar-refractivity contribution in [2.45, 2.75) is 19.9 Å². The van der Waals surface area contributed by atoms with E-state index < -0.39 is 22.8 Å². The second-order valence-electron chi connectivity index (χ2n) is 6.39. The Morgan fingerprint density at radius 2 is 2.03 bits per heavy atom. The van der Waals surface area contributed by atoms with Crippen LogP contribution in [0, 0.1) is 5.82 Å². The molecule has 0 radical (unpaired) electrons. The summed E-state index contributed by atoms with van der Waals surface area (Å²) in [7, 11) is 0. The highest BCUT2D eigenvalue weighted by Gasteiger charge is 2.18. The summed E-state index contributed by atoms with van der Waals surface area (Å²) in [6.07, 6.45) is 1.31.